The number of carbonyl (C=O) groups is 1. The third kappa shape index (κ3) is 3.96. The molecule has 5 nitrogen and oxygen atoms in total. The molecule has 1 amide bonds. The van der Waals surface area contributed by atoms with Gasteiger partial charge in [-0.1, -0.05) is 42.8 Å². The molecule has 0 fully saturated rings. The van der Waals surface area contributed by atoms with Crippen LogP contribution in [0.5, 0.6) is 0 Å². The number of amides is 1. The van der Waals surface area contributed by atoms with E-state index in [9.17, 15) is 4.79 Å². The summed E-state index contributed by atoms with van der Waals surface area (Å²) in [6.45, 7) is 5.67. The van der Waals surface area contributed by atoms with Crippen LogP contribution in [0.15, 0.2) is 34.2 Å². The van der Waals surface area contributed by atoms with E-state index >= 15 is 0 Å². The van der Waals surface area contributed by atoms with Crippen LogP contribution in [0.1, 0.15) is 47.1 Å². The molecule has 0 unspecified atom stereocenters. The van der Waals surface area contributed by atoms with E-state index in [2.05, 4.69) is 46.6 Å². The molecule has 0 aliphatic carbocycles. The molecule has 3 aromatic rings. The molecule has 130 valence electrons. The zero-order chi connectivity index (χ0) is 17.8. The Morgan fingerprint density at radius 2 is 2.00 bits per heavy atom. The van der Waals surface area contributed by atoms with Crippen LogP contribution in [0.25, 0.3) is 11.3 Å². The third-order valence-corrected chi connectivity index (χ3v) is 4.81. The lowest BCUT2D eigenvalue weighted by molar-refractivity contribution is 0.102. The number of carbonyl (C=O) groups excluding carboxylic acids is 1. The lowest BCUT2D eigenvalue weighted by atomic mass is 10.1. The molecule has 0 atom stereocenters. The average Bonchev–Trinajstić information content (AvgIpc) is 3.20. The highest BCUT2D eigenvalue weighted by Crippen LogP contribution is 2.26. The van der Waals surface area contributed by atoms with Gasteiger partial charge in [-0.2, -0.15) is 0 Å². The summed E-state index contributed by atoms with van der Waals surface area (Å²) in [4.78, 5) is 16.9. The minimum absolute atomic E-state index is 0.243. The van der Waals surface area contributed by atoms with Crippen molar-refractivity contribution in [2.45, 2.75) is 40.0 Å². The van der Waals surface area contributed by atoms with Crippen LogP contribution < -0.4 is 5.32 Å². The predicted molar refractivity (Wildman–Crippen MR) is 100 cm³/mol. The van der Waals surface area contributed by atoms with Gasteiger partial charge in [0.2, 0.25) is 0 Å². The molecule has 0 saturated heterocycles. The average molecular weight is 355 g/mol. The standard InChI is InChI=1S/C19H21N3O2S/c1-4-5-6-14-7-9-15(10-8-14)16-11-25-19(20-16)21-18(23)17-12(2)22-24-13(17)3/h7-11H,4-6H2,1-3H3,(H,20,21,23). The van der Waals surface area contributed by atoms with Gasteiger partial charge in [-0.05, 0) is 32.3 Å². The Kier molecular flexibility index (Phi) is 5.28. The summed E-state index contributed by atoms with van der Waals surface area (Å²) in [5.41, 5.74) is 4.30. The zero-order valence-corrected chi connectivity index (χ0v) is 15.4. The second kappa shape index (κ2) is 7.61. The van der Waals surface area contributed by atoms with Crippen molar-refractivity contribution in [3.63, 3.8) is 0 Å². The second-order valence-electron chi connectivity index (χ2n) is 5.99. The number of unbranched alkanes of at least 4 members (excludes halogenated alkanes) is 1. The van der Waals surface area contributed by atoms with Gasteiger partial charge in [0.15, 0.2) is 5.13 Å². The number of benzene rings is 1. The fourth-order valence-electron chi connectivity index (χ4n) is 2.65. The molecule has 0 aliphatic heterocycles. The van der Waals surface area contributed by atoms with Gasteiger partial charge in [0.1, 0.15) is 11.3 Å². The molecule has 0 bridgehead atoms. The number of hydrogen-bond donors (Lipinski definition) is 1. The topological polar surface area (TPSA) is 68.0 Å². The lowest BCUT2D eigenvalue weighted by Gasteiger charge is -2.02. The van der Waals surface area contributed by atoms with Crippen LogP contribution in [-0.2, 0) is 6.42 Å². The van der Waals surface area contributed by atoms with Gasteiger partial charge < -0.3 is 4.52 Å². The predicted octanol–water partition coefficient (Wildman–Crippen LogP) is 5.01. The van der Waals surface area contributed by atoms with Crippen LogP contribution in [0.3, 0.4) is 0 Å². The molecule has 0 spiro atoms. The van der Waals surface area contributed by atoms with Crippen molar-refractivity contribution < 1.29 is 9.32 Å². The van der Waals surface area contributed by atoms with E-state index in [-0.39, 0.29) is 5.91 Å². The van der Waals surface area contributed by atoms with Crippen LogP contribution >= 0.6 is 11.3 Å². The number of nitrogens with one attached hydrogen (secondary N) is 1. The van der Waals surface area contributed by atoms with Crippen molar-refractivity contribution in [1.82, 2.24) is 10.1 Å². The molecular weight excluding hydrogens is 334 g/mol. The maximum absolute atomic E-state index is 12.4. The molecule has 0 radical (unpaired) electrons. The van der Waals surface area contributed by atoms with Crippen LogP contribution in [0, 0.1) is 13.8 Å². The zero-order valence-electron chi connectivity index (χ0n) is 14.6. The van der Waals surface area contributed by atoms with Gasteiger partial charge in [0, 0.05) is 10.9 Å². The molecule has 0 saturated carbocycles. The van der Waals surface area contributed by atoms with Gasteiger partial charge in [-0.3, -0.25) is 10.1 Å². The number of aromatic nitrogens is 2. The summed E-state index contributed by atoms with van der Waals surface area (Å²) in [5.74, 6) is 0.265. The minimum Gasteiger partial charge on any atom is -0.361 e. The van der Waals surface area contributed by atoms with E-state index in [1.807, 2.05) is 5.38 Å². The van der Waals surface area contributed by atoms with Crippen molar-refractivity contribution in [1.29, 1.82) is 0 Å². The fourth-order valence-corrected chi connectivity index (χ4v) is 3.37. The summed E-state index contributed by atoms with van der Waals surface area (Å²) < 4.78 is 5.04. The van der Waals surface area contributed by atoms with Crippen molar-refractivity contribution >= 4 is 22.4 Å². The SMILES string of the molecule is CCCCc1ccc(-c2csc(NC(=O)c3c(C)noc3C)n2)cc1. The maximum atomic E-state index is 12.4. The molecule has 25 heavy (non-hydrogen) atoms. The van der Waals surface area contributed by atoms with Gasteiger partial charge in [0.25, 0.3) is 5.91 Å². The van der Waals surface area contributed by atoms with Gasteiger partial charge >= 0.3 is 0 Å². The van der Waals surface area contributed by atoms with Gasteiger partial charge in [-0.25, -0.2) is 4.98 Å². The first kappa shape index (κ1) is 17.4. The van der Waals surface area contributed by atoms with E-state index in [0.29, 0.717) is 22.1 Å². The van der Waals surface area contributed by atoms with E-state index in [0.717, 1.165) is 17.7 Å². The van der Waals surface area contributed by atoms with Crippen LogP contribution in [-0.4, -0.2) is 16.0 Å². The monoisotopic (exact) mass is 355 g/mol. The first-order valence-electron chi connectivity index (χ1n) is 8.37. The quantitative estimate of drug-likeness (QED) is 0.675. The van der Waals surface area contributed by atoms with Crippen molar-refractivity contribution in [2.24, 2.45) is 0 Å². The summed E-state index contributed by atoms with van der Waals surface area (Å²) in [6.07, 6.45) is 3.50. The highest BCUT2D eigenvalue weighted by Gasteiger charge is 2.18. The summed E-state index contributed by atoms with van der Waals surface area (Å²) in [6, 6.07) is 8.46. The number of rotatable bonds is 6. The number of aryl methyl sites for hydroxylation is 3. The third-order valence-electron chi connectivity index (χ3n) is 4.05. The number of hydrogen-bond acceptors (Lipinski definition) is 5. The molecular formula is C19H21N3O2S. The Morgan fingerprint density at radius 3 is 2.64 bits per heavy atom. The Balaban J connectivity index is 1.71. The molecule has 1 aromatic carbocycles. The first-order chi connectivity index (χ1) is 12.1. The summed E-state index contributed by atoms with van der Waals surface area (Å²) in [7, 11) is 0. The Morgan fingerprint density at radius 1 is 1.24 bits per heavy atom. The molecule has 2 aromatic heterocycles. The van der Waals surface area contributed by atoms with E-state index < -0.39 is 0 Å². The highest BCUT2D eigenvalue weighted by molar-refractivity contribution is 7.14. The smallest absolute Gasteiger partial charge is 0.262 e. The molecule has 2 heterocycles. The van der Waals surface area contributed by atoms with Gasteiger partial charge in [0.05, 0.1) is 11.4 Å². The molecule has 0 aliphatic rings. The Labute approximate surface area is 151 Å². The summed E-state index contributed by atoms with van der Waals surface area (Å²) >= 11 is 1.41. The fraction of sp³-hybridized carbons (Fsp3) is 0.316. The maximum Gasteiger partial charge on any atom is 0.262 e. The van der Waals surface area contributed by atoms with Crippen molar-refractivity contribution in [2.75, 3.05) is 5.32 Å². The van der Waals surface area contributed by atoms with E-state index in [1.165, 1.54) is 29.7 Å². The Bertz CT molecular complexity index is 846. The molecule has 6 heteroatoms. The van der Waals surface area contributed by atoms with Crippen LogP contribution in [0.4, 0.5) is 5.13 Å². The normalized spacial score (nSPS) is 10.8. The lowest BCUT2D eigenvalue weighted by Crippen LogP contribution is -2.13. The molecule has 3 rings (SSSR count). The molecule has 1 N–H and O–H groups in total. The first-order valence-corrected chi connectivity index (χ1v) is 9.25. The van der Waals surface area contributed by atoms with E-state index in [4.69, 9.17) is 4.52 Å². The number of thiazole rings is 1. The number of anilines is 1. The minimum atomic E-state index is -0.243. The second-order valence-corrected chi connectivity index (χ2v) is 6.85. The van der Waals surface area contributed by atoms with Crippen molar-refractivity contribution in [3.8, 4) is 11.3 Å². The number of nitrogens with zero attached hydrogens (tertiary/aromatic N) is 2. The highest BCUT2D eigenvalue weighted by atomic mass is 32.1. The van der Waals surface area contributed by atoms with Crippen molar-refractivity contribution in [3.05, 3.63) is 52.2 Å². The summed E-state index contributed by atoms with van der Waals surface area (Å²) in [5, 5.41) is 9.15. The van der Waals surface area contributed by atoms with Gasteiger partial charge in [-0.15, -0.1) is 11.3 Å². The van der Waals surface area contributed by atoms with E-state index in [1.54, 1.807) is 13.8 Å². The Hall–Kier alpha value is -2.47. The largest absolute Gasteiger partial charge is 0.361 e. The van der Waals surface area contributed by atoms with Crippen LogP contribution in [0.2, 0.25) is 0 Å².